The van der Waals surface area contributed by atoms with Crippen LogP contribution >= 0.6 is 11.6 Å². The highest BCUT2D eigenvalue weighted by molar-refractivity contribution is 6.32. The minimum absolute atomic E-state index is 0.357. The van der Waals surface area contributed by atoms with E-state index in [9.17, 15) is 4.79 Å². The number of methoxy groups -OCH3 is 1. The number of benzene rings is 1. The molecule has 1 heterocycles. The summed E-state index contributed by atoms with van der Waals surface area (Å²) in [6.07, 6.45) is 1.39. The van der Waals surface area contributed by atoms with E-state index in [0.717, 1.165) is 0 Å². The number of ether oxygens (including phenoxy) is 2. The number of pyridine rings is 1. The van der Waals surface area contributed by atoms with Crippen LogP contribution in [0.1, 0.15) is 10.4 Å². The maximum atomic E-state index is 11.2. The number of hydrogen-bond acceptors (Lipinski definition) is 4. The molecule has 0 aliphatic carbocycles. The van der Waals surface area contributed by atoms with E-state index in [-0.39, 0.29) is 0 Å². The van der Waals surface area contributed by atoms with Gasteiger partial charge in [0.15, 0.2) is 0 Å². The summed E-state index contributed by atoms with van der Waals surface area (Å²) in [5, 5.41) is 0.497. The predicted molar refractivity (Wildman–Crippen MR) is 67.1 cm³/mol. The zero-order valence-electron chi connectivity index (χ0n) is 9.59. The Hall–Kier alpha value is -2.07. The smallest absolute Gasteiger partial charge is 0.339 e. The van der Waals surface area contributed by atoms with Crippen LogP contribution in [0.4, 0.5) is 0 Å². The van der Waals surface area contributed by atoms with Crippen LogP contribution in [-0.2, 0) is 4.74 Å². The molecule has 5 heteroatoms. The minimum atomic E-state index is -0.438. The highest BCUT2D eigenvalue weighted by Gasteiger charge is 2.07. The summed E-state index contributed by atoms with van der Waals surface area (Å²) in [5.41, 5.74) is 0.365. The van der Waals surface area contributed by atoms with Gasteiger partial charge in [0, 0.05) is 12.3 Å². The zero-order valence-corrected chi connectivity index (χ0v) is 10.3. The van der Waals surface area contributed by atoms with Crippen LogP contribution in [0.3, 0.4) is 0 Å². The van der Waals surface area contributed by atoms with Gasteiger partial charge in [0.05, 0.1) is 17.7 Å². The lowest BCUT2D eigenvalue weighted by molar-refractivity contribution is 0.0600. The van der Waals surface area contributed by atoms with Gasteiger partial charge < -0.3 is 9.47 Å². The first-order valence-corrected chi connectivity index (χ1v) is 5.55. The number of halogens is 1. The molecule has 0 bridgehead atoms. The molecule has 0 aliphatic rings. The Morgan fingerprint density at radius 2 is 2.00 bits per heavy atom. The predicted octanol–water partition coefficient (Wildman–Crippen LogP) is 3.31. The van der Waals surface area contributed by atoms with E-state index in [4.69, 9.17) is 16.3 Å². The number of para-hydroxylation sites is 1. The molecular weight excluding hydrogens is 254 g/mol. The molecule has 1 aromatic heterocycles. The third kappa shape index (κ3) is 2.78. The van der Waals surface area contributed by atoms with E-state index in [0.29, 0.717) is 22.2 Å². The fourth-order valence-electron chi connectivity index (χ4n) is 1.32. The van der Waals surface area contributed by atoms with Crippen molar-refractivity contribution in [1.29, 1.82) is 0 Å². The standard InChI is InChI=1S/C13H10ClNO3/c1-17-13(16)9-6-7-12(15-8-9)18-11-5-3-2-4-10(11)14/h2-8H,1H3. The van der Waals surface area contributed by atoms with E-state index in [2.05, 4.69) is 9.72 Å². The summed E-state index contributed by atoms with van der Waals surface area (Å²) in [6.45, 7) is 0. The Morgan fingerprint density at radius 1 is 1.22 bits per heavy atom. The summed E-state index contributed by atoms with van der Waals surface area (Å²) in [4.78, 5) is 15.2. The van der Waals surface area contributed by atoms with Crippen molar-refractivity contribution in [3.05, 3.63) is 53.2 Å². The van der Waals surface area contributed by atoms with Gasteiger partial charge in [-0.2, -0.15) is 0 Å². The van der Waals surface area contributed by atoms with E-state index in [1.807, 2.05) is 12.1 Å². The molecule has 0 unspecified atom stereocenters. The molecule has 18 heavy (non-hydrogen) atoms. The van der Waals surface area contributed by atoms with Gasteiger partial charge in [-0.05, 0) is 18.2 Å². The molecule has 0 aliphatic heterocycles. The minimum Gasteiger partial charge on any atom is -0.465 e. The number of nitrogens with zero attached hydrogens (tertiary/aromatic N) is 1. The van der Waals surface area contributed by atoms with E-state index in [1.165, 1.54) is 13.3 Å². The van der Waals surface area contributed by atoms with Crippen molar-refractivity contribution in [3.8, 4) is 11.6 Å². The van der Waals surface area contributed by atoms with Crippen molar-refractivity contribution in [2.24, 2.45) is 0 Å². The first kappa shape index (κ1) is 12.4. The molecule has 0 atom stereocenters. The van der Waals surface area contributed by atoms with E-state index < -0.39 is 5.97 Å². The monoisotopic (exact) mass is 263 g/mol. The van der Waals surface area contributed by atoms with Crippen LogP contribution in [0.25, 0.3) is 0 Å². The number of rotatable bonds is 3. The summed E-state index contributed by atoms with van der Waals surface area (Å²) in [5.74, 6) is 0.431. The third-order valence-corrected chi connectivity index (χ3v) is 2.52. The Balaban J connectivity index is 2.16. The van der Waals surface area contributed by atoms with Crippen LogP contribution in [0.2, 0.25) is 5.02 Å². The van der Waals surface area contributed by atoms with Crippen LogP contribution in [0.15, 0.2) is 42.6 Å². The Labute approximate surface area is 109 Å². The van der Waals surface area contributed by atoms with Crippen molar-refractivity contribution < 1.29 is 14.3 Å². The molecule has 0 radical (unpaired) electrons. The fraction of sp³-hybridized carbons (Fsp3) is 0.0769. The molecule has 1 aromatic carbocycles. The third-order valence-electron chi connectivity index (χ3n) is 2.21. The summed E-state index contributed by atoms with van der Waals surface area (Å²) >= 11 is 5.95. The maximum absolute atomic E-state index is 11.2. The van der Waals surface area contributed by atoms with Gasteiger partial charge in [-0.25, -0.2) is 9.78 Å². The number of aromatic nitrogens is 1. The van der Waals surface area contributed by atoms with Crippen LogP contribution < -0.4 is 4.74 Å². The topological polar surface area (TPSA) is 48.4 Å². The zero-order chi connectivity index (χ0) is 13.0. The van der Waals surface area contributed by atoms with Crippen LogP contribution in [0.5, 0.6) is 11.6 Å². The second-order valence-corrected chi connectivity index (χ2v) is 3.82. The van der Waals surface area contributed by atoms with E-state index >= 15 is 0 Å². The fourth-order valence-corrected chi connectivity index (χ4v) is 1.49. The molecule has 0 spiro atoms. The van der Waals surface area contributed by atoms with Crippen molar-refractivity contribution in [1.82, 2.24) is 4.98 Å². The average Bonchev–Trinajstić information content (AvgIpc) is 2.41. The quantitative estimate of drug-likeness (QED) is 0.797. The van der Waals surface area contributed by atoms with Gasteiger partial charge in [-0.15, -0.1) is 0 Å². The first-order valence-electron chi connectivity index (χ1n) is 5.17. The van der Waals surface area contributed by atoms with Crippen LogP contribution in [0, 0.1) is 0 Å². The second kappa shape index (κ2) is 5.51. The second-order valence-electron chi connectivity index (χ2n) is 3.41. The van der Waals surface area contributed by atoms with Gasteiger partial charge in [-0.1, -0.05) is 23.7 Å². The molecular formula is C13H10ClNO3. The van der Waals surface area contributed by atoms with Crippen molar-refractivity contribution in [3.63, 3.8) is 0 Å². The highest BCUT2D eigenvalue weighted by atomic mass is 35.5. The van der Waals surface area contributed by atoms with E-state index in [1.54, 1.807) is 24.3 Å². The lowest BCUT2D eigenvalue weighted by Gasteiger charge is -2.06. The van der Waals surface area contributed by atoms with Crippen molar-refractivity contribution in [2.45, 2.75) is 0 Å². The lowest BCUT2D eigenvalue weighted by atomic mass is 10.3. The van der Waals surface area contributed by atoms with Crippen molar-refractivity contribution >= 4 is 17.6 Å². The number of carbonyl (C=O) groups excluding carboxylic acids is 1. The molecule has 2 rings (SSSR count). The lowest BCUT2D eigenvalue weighted by Crippen LogP contribution is -2.01. The summed E-state index contributed by atoms with van der Waals surface area (Å²) in [6, 6.07) is 10.2. The van der Waals surface area contributed by atoms with Crippen molar-refractivity contribution in [2.75, 3.05) is 7.11 Å². The summed E-state index contributed by atoms with van der Waals surface area (Å²) < 4.78 is 10.1. The molecule has 0 saturated carbocycles. The maximum Gasteiger partial charge on any atom is 0.339 e. The first-order chi connectivity index (χ1) is 8.70. The molecule has 2 aromatic rings. The highest BCUT2D eigenvalue weighted by Crippen LogP contribution is 2.27. The Bertz CT molecular complexity index is 554. The normalized spacial score (nSPS) is 9.89. The van der Waals surface area contributed by atoms with Gasteiger partial charge in [-0.3, -0.25) is 0 Å². The number of hydrogen-bond donors (Lipinski definition) is 0. The molecule has 92 valence electrons. The molecule has 4 nitrogen and oxygen atoms in total. The van der Waals surface area contributed by atoms with Gasteiger partial charge >= 0.3 is 5.97 Å². The molecule has 0 amide bonds. The number of carbonyl (C=O) groups is 1. The SMILES string of the molecule is COC(=O)c1ccc(Oc2ccccc2Cl)nc1. The molecule has 0 N–H and O–H groups in total. The van der Waals surface area contributed by atoms with Gasteiger partial charge in [0.25, 0.3) is 0 Å². The van der Waals surface area contributed by atoms with Crippen LogP contribution in [-0.4, -0.2) is 18.1 Å². The van der Waals surface area contributed by atoms with Gasteiger partial charge in [0.2, 0.25) is 5.88 Å². The molecule has 0 fully saturated rings. The average molecular weight is 264 g/mol. The Kier molecular flexibility index (Phi) is 3.79. The largest absolute Gasteiger partial charge is 0.465 e. The summed E-state index contributed by atoms with van der Waals surface area (Å²) in [7, 11) is 1.32. The number of esters is 1. The Morgan fingerprint density at radius 3 is 2.61 bits per heavy atom. The molecule has 0 saturated heterocycles. The van der Waals surface area contributed by atoms with Gasteiger partial charge in [0.1, 0.15) is 5.75 Å².